The highest BCUT2D eigenvalue weighted by atomic mass is 19.4. The molecule has 3 atom stereocenters. The van der Waals surface area contributed by atoms with Crippen LogP contribution in [0.2, 0.25) is 0 Å². The van der Waals surface area contributed by atoms with E-state index in [0.717, 1.165) is 5.56 Å². The van der Waals surface area contributed by atoms with E-state index in [1.807, 2.05) is 30.3 Å². The predicted octanol–water partition coefficient (Wildman–Crippen LogP) is 3.78. The molecule has 0 saturated carbocycles. The zero-order chi connectivity index (χ0) is 29.1. The largest absolute Gasteiger partial charge is 0.461 e. The fraction of sp³-hybridized carbons (Fsp3) is 0.393. The standard InChI is InChI=1S/C28H29F5N4O3/c1-34-22(14-17-8-3-2-4-9-17)26(40)37-13-7-12-23(37)25(39)36-21(24(38)27(29,30)28(31,32)33)15-18-16-35-20-11-6-5-10-19(18)20/h2-6,8-11,16,21-23,34-35H,7,12-15H2,1H3,(H,36,39)/t21-,22+,23-/m0/s1. The Hall–Kier alpha value is -3.80. The second kappa shape index (κ2) is 11.7. The summed E-state index contributed by atoms with van der Waals surface area (Å²) in [5.74, 6) is -9.53. The number of Topliss-reactive ketones (excluding diaryl/α,β-unsaturated/α-hetero) is 1. The molecule has 3 N–H and O–H groups in total. The number of benzene rings is 2. The molecule has 12 heteroatoms. The number of ketones is 1. The molecule has 0 unspecified atom stereocenters. The van der Waals surface area contributed by atoms with Gasteiger partial charge in [0.2, 0.25) is 17.6 Å². The van der Waals surface area contributed by atoms with E-state index in [-0.39, 0.29) is 18.5 Å². The molecule has 1 aromatic heterocycles. The maximum atomic E-state index is 14.2. The lowest BCUT2D eigenvalue weighted by Crippen LogP contribution is -2.58. The summed E-state index contributed by atoms with van der Waals surface area (Å²) in [6, 6.07) is 11.8. The van der Waals surface area contributed by atoms with Gasteiger partial charge in [0.25, 0.3) is 0 Å². The van der Waals surface area contributed by atoms with Crippen LogP contribution in [0.5, 0.6) is 0 Å². The molecular weight excluding hydrogens is 535 g/mol. The maximum absolute atomic E-state index is 14.2. The zero-order valence-corrected chi connectivity index (χ0v) is 21.6. The molecule has 214 valence electrons. The first-order valence-electron chi connectivity index (χ1n) is 12.8. The fourth-order valence-corrected chi connectivity index (χ4v) is 5.02. The number of rotatable bonds is 10. The number of halogens is 5. The number of amides is 2. The summed E-state index contributed by atoms with van der Waals surface area (Å²) in [6.07, 6.45) is -4.43. The first kappa shape index (κ1) is 29.2. The minimum atomic E-state index is -6.14. The molecule has 0 radical (unpaired) electrons. The lowest BCUT2D eigenvalue weighted by molar-refractivity contribution is -0.269. The number of H-pyrrole nitrogens is 1. The lowest BCUT2D eigenvalue weighted by Gasteiger charge is -2.30. The topological polar surface area (TPSA) is 94.3 Å². The number of nitrogens with zero attached hydrogens (tertiary/aromatic N) is 1. The van der Waals surface area contributed by atoms with Crippen molar-refractivity contribution in [3.63, 3.8) is 0 Å². The molecule has 1 aliphatic rings. The van der Waals surface area contributed by atoms with Gasteiger partial charge in [-0.1, -0.05) is 48.5 Å². The molecule has 7 nitrogen and oxygen atoms in total. The van der Waals surface area contributed by atoms with E-state index in [1.54, 1.807) is 31.3 Å². The van der Waals surface area contributed by atoms with Gasteiger partial charge in [0, 0.05) is 30.1 Å². The van der Waals surface area contributed by atoms with Crippen LogP contribution in [0.1, 0.15) is 24.0 Å². The van der Waals surface area contributed by atoms with Crippen LogP contribution < -0.4 is 10.6 Å². The number of aromatic amines is 1. The van der Waals surface area contributed by atoms with Gasteiger partial charge in [-0.05, 0) is 43.5 Å². The highest BCUT2D eigenvalue weighted by molar-refractivity contribution is 5.97. The van der Waals surface area contributed by atoms with Crippen LogP contribution in [0.25, 0.3) is 10.9 Å². The Labute approximate surface area is 227 Å². The molecule has 40 heavy (non-hydrogen) atoms. The normalized spacial score (nSPS) is 17.6. The molecule has 4 rings (SSSR count). The maximum Gasteiger partial charge on any atom is 0.461 e. The van der Waals surface area contributed by atoms with Crippen LogP contribution in [-0.2, 0) is 27.2 Å². The molecule has 0 bridgehead atoms. The van der Waals surface area contributed by atoms with Crippen molar-refractivity contribution in [2.45, 2.75) is 55.9 Å². The molecule has 2 heterocycles. The Bertz CT molecular complexity index is 1360. The van der Waals surface area contributed by atoms with Crippen molar-refractivity contribution in [2.24, 2.45) is 0 Å². The van der Waals surface area contributed by atoms with E-state index in [2.05, 4.69) is 15.6 Å². The van der Waals surface area contributed by atoms with Gasteiger partial charge in [-0.25, -0.2) is 0 Å². The summed E-state index contributed by atoms with van der Waals surface area (Å²) in [6.45, 7) is 0.198. The second-order valence-corrected chi connectivity index (χ2v) is 9.78. The number of para-hydroxylation sites is 1. The summed E-state index contributed by atoms with van der Waals surface area (Å²) in [4.78, 5) is 43.4. The summed E-state index contributed by atoms with van der Waals surface area (Å²) in [5, 5.41) is 5.57. The number of carbonyl (C=O) groups is 3. The summed E-state index contributed by atoms with van der Waals surface area (Å²) >= 11 is 0. The van der Waals surface area contributed by atoms with E-state index < -0.39 is 54.2 Å². The van der Waals surface area contributed by atoms with Crippen molar-refractivity contribution >= 4 is 28.5 Å². The molecule has 0 aliphatic carbocycles. The van der Waals surface area contributed by atoms with Crippen molar-refractivity contribution in [1.29, 1.82) is 0 Å². The molecule has 2 amide bonds. The second-order valence-electron chi connectivity index (χ2n) is 9.78. The van der Waals surface area contributed by atoms with E-state index in [1.165, 1.54) is 11.1 Å². The van der Waals surface area contributed by atoms with Gasteiger partial charge in [0.05, 0.1) is 12.1 Å². The molecule has 1 fully saturated rings. The number of carbonyl (C=O) groups excluding carboxylic acids is 3. The van der Waals surface area contributed by atoms with Crippen LogP contribution in [-0.4, -0.2) is 71.3 Å². The van der Waals surface area contributed by atoms with Gasteiger partial charge < -0.3 is 20.5 Å². The van der Waals surface area contributed by atoms with E-state index in [9.17, 15) is 36.3 Å². The number of fused-ring (bicyclic) bond motifs is 1. The Morgan fingerprint density at radius 3 is 2.33 bits per heavy atom. The van der Waals surface area contributed by atoms with E-state index in [0.29, 0.717) is 23.7 Å². The smallest absolute Gasteiger partial charge is 0.361 e. The third-order valence-electron chi connectivity index (χ3n) is 7.17. The van der Waals surface area contributed by atoms with Crippen LogP contribution in [0.15, 0.2) is 60.8 Å². The average molecular weight is 565 g/mol. The number of aromatic nitrogens is 1. The molecule has 2 aromatic carbocycles. The highest BCUT2D eigenvalue weighted by Gasteiger charge is 2.64. The minimum absolute atomic E-state index is 0.170. The SMILES string of the molecule is CN[C@H](Cc1ccccc1)C(=O)N1CCC[C@H]1C(=O)N[C@@H](Cc1c[nH]c2ccccc12)C(=O)C(F)(F)C(F)(F)F. The molecule has 3 aromatic rings. The molecule has 1 aliphatic heterocycles. The minimum Gasteiger partial charge on any atom is -0.361 e. The third kappa shape index (κ3) is 6.01. The van der Waals surface area contributed by atoms with Crippen LogP contribution >= 0.6 is 0 Å². The number of nitrogens with one attached hydrogen (secondary N) is 3. The summed E-state index contributed by atoms with van der Waals surface area (Å²) in [7, 11) is 1.59. The number of hydrogen-bond donors (Lipinski definition) is 3. The highest BCUT2D eigenvalue weighted by Crippen LogP contribution is 2.37. The van der Waals surface area contributed by atoms with E-state index >= 15 is 0 Å². The fourth-order valence-electron chi connectivity index (χ4n) is 5.02. The van der Waals surface area contributed by atoms with Crippen molar-refractivity contribution in [3.8, 4) is 0 Å². The van der Waals surface area contributed by atoms with Gasteiger partial charge in [0.1, 0.15) is 6.04 Å². The van der Waals surface area contributed by atoms with Gasteiger partial charge in [0.15, 0.2) is 0 Å². The Kier molecular flexibility index (Phi) is 8.57. The quantitative estimate of drug-likeness (QED) is 0.327. The van der Waals surface area contributed by atoms with Crippen molar-refractivity contribution in [3.05, 3.63) is 71.9 Å². The van der Waals surface area contributed by atoms with Crippen molar-refractivity contribution < 1.29 is 36.3 Å². The Morgan fingerprint density at radius 2 is 1.65 bits per heavy atom. The van der Waals surface area contributed by atoms with Gasteiger partial charge in [-0.3, -0.25) is 14.4 Å². The first-order chi connectivity index (χ1) is 18.9. The van der Waals surface area contributed by atoms with Crippen molar-refractivity contribution in [1.82, 2.24) is 20.5 Å². The van der Waals surface area contributed by atoms with Gasteiger partial charge in [-0.15, -0.1) is 0 Å². The number of alkyl halides is 5. The predicted molar refractivity (Wildman–Crippen MR) is 138 cm³/mol. The lowest BCUT2D eigenvalue weighted by atomic mass is 9.97. The molecule has 0 spiro atoms. The van der Waals surface area contributed by atoms with Crippen LogP contribution in [0, 0.1) is 0 Å². The van der Waals surface area contributed by atoms with Crippen molar-refractivity contribution in [2.75, 3.05) is 13.6 Å². The third-order valence-corrected chi connectivity index (χ3v) is 7.17. The van der Waals surface area contributed by atoms with Crippen LogP contribution in [0.4, 0.5) is 22.0 Å². The van der Waals surface area contributed by atoms with Gasteiger partial charge >= 0.3 is 12.1 Å². The Balaban J connectivity index is 1.57. The molecule has 1 saturated heterocycles. The summed E-state index contributed by atoms with van der Waals surface area (Å²) < 4.78 is 67.8. The van der Waals surface area contributed by atoms with Gasteiger partial charge in [-0.2, -0.15) is 22.0 Å². The zero-order valence-electron chi connectivity index (χ0n) is 21.6. The van der Waals surface area contributed by atoms with Crippen LogP contribution in [0.3, 0.4) is 0 Å². The Morgan fingerprint density at radius 1 is 0.975 bits per heavy atom. The average Bonchev–Trinajstić information content (AvgIpc) is 3.58. The number of likely N-dealkylation sites (tertiary alicyclic amines) is 1. The number of likely N-dealkylation sites (N-methyl/N-ethyl adjacent to an activating group) is 1. The number of hydrogen-bond acceptors (Lipinski definition) is 4. The first-order valence-corrected chi connectivity index (χ1v) is 12.8. The molecular formula is C28H29F5N4O3. The van der Waals surface area contributed by atoms with E-state index in [4.69, 9.17) is 0 Å². The summed E-state index contributed by atoms with van der Waals surface area (Å²) in [5.41, 5.74) is 1.74. The monoisotopic (exact) mass is 564 g/mol.